The maximum absolute atomic E-state index is 12.4. The third kappa shape index (κ3) is 4.56. The molecule has 0 saturated carbocycles. The SMILES string of the molecule is O=C(Cc1ccccc1)Cc1ccccc1NCc1ccccc1. The number of rotatable bonds is 7. The minimum absolute atomic E-state index is 0.232. The summed E-state index contributed by atoms with van der Waals surface area (Å²) in [5.41, 5.74) is 4.37. The van der Waals surface area contributed by atoms with Crippen LogP contribution in [0.5, 0.6) is 0 Å². The zero-order valence-electron chi connectivity index (χ0n) is 13.6. The molecule has 0 aliphatic rings. The van der Waals surface area contributed by atoms with Gasteiger partial charge in [-0.15, -0.1) is 0 Å². The molecular weight excluding hydrogens is 294 g/mol. The third-order valence-electron chi connectivity index (χ3n) is 3.97. The van der Waals surface area contributed by atoms with Gasteiger partial charge >= 0.3 is 0 Å². The van der Waals surface area contributed by atoms with Crippen molar-refractivity contribution < 1.29 is 4.79 Å². The van der Waals surface area contributed by atoms with E-state index in [1.165, 1.54) is 5.56 Å². The van der Waals surface area contributed by atoms with Crippen molar-refractivity contribution in [3.05, 3.63) is 102 Å². The molecule has 0 atom stereocenters. The molecule has 0 saturated heterocycles. The first kappa shape index (κ1) is 16.0. The van der Waals surface area contributed by atoms with Crippen molar-refractivity contribution in [2.24, 2.45) is 0 Å². The van der Waals surface area contributed by atoms with Gasteiger partial charge in [0, 0.05) is 25.1 Å². The average molecular weight is 315 g/mol. The predicted molar refractivity (Wildman–Crippen MR) is 99.1 cm³/mol. The lowest BCUT2D eigenvalue weighted by molar-refractivity contribution is -0.117. The van der Waals surface area contributed by atoms with Crippen molar-refractivity contribution in [2.45, 2.75) is 19.4 Å². The summed E-state index contributed by atoms with van der Waals surface area (Å²) in [5.74, 6) is 0.232. The molecule has 0 aliphatic heterocycles. The molecule has 3 rings (SSSR count). The first-order chi connectivity index (χ1) is 11.8. The van der Waals surface area contributed by atoms with Crippen molar-refractivity contribution in [2.75, 3.05) is 5.32 Å². The second-order valence-electron chi connectivity index (χ2n) is 5.87. The van der Waals surface area contributed by atoms with Crippen LogP contribution in [0.3, 0.4) is 0 Å². The van der Waals surface area contributed by atoms with Gasteiger partial charge < -0.3 is 5.32 Å². The number of carbonyl (C=O) groups is 1. The van der Waals surface area contributed by atoms with Crippen LogP contribution in [0.2, 0.25) is 0 Å². The highest BCUT2D eigenvalue weighted by atomic mass is 16.1. The van der Waals surface area contributed by atoms with Gasteiger partial charge in [-0.25, -0.2) is 0 Å². The van der Waals surface area contributed by atoms with E-state index in [-0.39, 0.29) is 5.78 Å². The lowest BCUT2D eigenvalue weighted by Gasteiger charge is -2.12. The first-order valence-electron chi connectivity index (χ1n) is 8.22. The molecule has 0 bridgehead atoms. The molecule has 2 nitrogen and oxygen atoms in total. The third-order valence-corrected chi connectivity index (χ3v) is 3.97. The Kier molecular flexibility index (Phi) is 5.41. The maximum Gasteiger partial charge on any atom is 0.141 e. The van der Waals surface area contributed by atoms with E-state index in [1.54, 1.807) is 0 Å². The van der Waals surface area contributed by atoms with E-state index in [0.29, 0.717) is 12.8 Å². The van der Waals surface area contributed by atoms with Crippen LogP contribution < -0.4 is 5.32 Å². The minimum Gasteiger partial charge on any atom is -0.381 e. The van der Waals surface area contributed by atoms with E-state index in [1.807, 2.05) is 72.8 Å². The second-order valence-corrected chi connectivity index (χ2v) is 5.87. The van der Waals surface area contributed by atoms with Crippen LogP contribution in [0.1, 0.15) is 16.7 Å². The quantitative estimate of drug-likeness (QED) is 0.687. The number of anilines is 1. The molecule has 0 radical (unpaired) electrons. The van der Waals surface area contributed by atoms with Crippen LogP contribution in [0.15, 0.2) is 84.9 Å². The molecule has 0 aromatic heterocycles. The molecule has 0 aliphatic carbocycles. The number of carbonyl (C=O) groups excluding carboxylic acids is 1. The van der Waals surface area contributed by atoms with Gasteiger partial charge in [0.25, 0.3) is 0 Å². The molecule has 0 heterocycles. The van der Waals surface area contributed by atoms with Crippen LogP contribution in [-0.2, 0) is 24.2 Å². The van der Waals surface area contributed by atoms with E-state index < -0.39 is 0 Å². The molecule has 0 amide bonds. The van der Waals surface area contributed by atoms with Gasteiger partial charge in [-0.05, 0) is 22.8 Å². The maximum atomic E-state index is 12.4. The van der Waals surface area contributed by atoms with E-state index in [0.717, 1.165) is 23.4 Å². The molecule has 3 aromatic carbocycles. The van der Waals surface area contributed by atoms with Gasteiger partial charge in [0.2, 0.25) is 0 Å². The van der Waals surface area contributed by atoms with Crippen LogP contribution in [0, 0.1) is 0 Å². The zero-order valence-corrected chi connectivity index (χ0v) is 13.6. The summed E-state index contributed by atoms with van der Waals surface area (Å²) in [4.78, 5) is 12.4. The average Bonchev–Trinajstić information content (AvgIpc) is 2.63. The predicted octanol–water partition coefficient (Wildman–Crippen LogP) is 4.65. The topological polar surface area (TPSA) is 29.1 Å². The van der Waals surface area contributed by atoms with Crippen molar-refractivity contribution in [3.8, 4) is 0 Å². The van der Waals surface area contributed by atoms with Gasteiger partial charge in [-0.1, -0.05) is 78.9 Å². The summed E-state index contributed by atoms with van der Waals surface area (Å²) in [7, 11) is 0. The molecule has 1 N–H and O–H groups in total. The number of para-hydroxylation sites is 1. The summed E-state index contributed by atoms with van der Waals surface area (Å²) in [5, 5.41) is 3.45. The molecule has 0 fully saturated rings. The van der Waals surface area contributed by atoms with Crippen molar-refractivity contribution >= 4 is 11.5 Å². The smallest absolute Gasteiger partial charge is 0.141 e. The highest BCUT2D eigenvalue weighted by molar-refractivity contribution is 5.84. The van der Waals surface area contributed by atoms with E-state index in [2.05, 4.69) is 17.4 Å². The summed E-state index contributed by atoms with van der Waals surface area (Å²) < 4.78 is 0. The van der Waals surface area contributed by atoms with Gasteiger partial charge in [0.05, 0.1) is 0 Å². The Morgan fingerprint density at radius 1 is 0.667 bits per heavy atom. The Bertz CT molecular complexity index is 781. The van der Waals surface area contributed by atoms with E-state index in [9.17, 15) is 4.79 Å². The summed E-state index contributed by atoms with van der Waals surface area (Å²) in [6.07, 6.45) is 0.931. The molecule has 0 unspecified atom stereocenters. The van der Waals surface area contributed by atoms with Gasteiger partial charge in [-0.3, -0.25) is 4.79 Å². The molecule has 2 heteroatoms. The van der Waals surface area contributed by atoms with E-state index in [4.69, 9.17) is 0 Å². The molecule has 0 spiro atoms. The van der Waals surface area contributed by atoms with Crippen LogP contribution >= 0.6 is 0 Å². The fourth-order valence-electron chi connectivity index (χ4n) is 2.74. The van der Waals surface area contributed by atoms with Crippen LogP contribution in [0.4, 0.5) is 5.69 Å². The zero-order chi connectivity index (χ0) is 16.6. The fourth-order valence-corrected chi connectivity index (χ4v) is 2.74. The largest absolute Gasteiger partial charge is 0.381 e. The summed E-state index contributed by atoms with van der Waals surface area (Å²) in [6, 6.07) is 28.2. The van der Waals surface area contributed by atoms with Crippen LogP contribution in [0.25, 0.3) is 0 Å². The van der Waals surface area contributed by atoms with Crippen molar-refractivity contribution in [3.63, 3.8) is 0 Å². The Balaban J connectivity index is 1.64. The summed E-state index contributed by atoms with van der Waals surface area (Å²) in [6.45, 7) is 0.755. The highest BCUT2D eigenvalue weighted by Gasteiger charge is 2.08. The van der Waals surface area contributed by atoms with E-state index >= 15 is 0 Å². The van der Waals surface area contributed by atoms with Crippen LogP contribution in [-0.4, -0.2) is 5.78 Å². The number of Topliss-reactive ketones (excluding diaryl/α,β-unsaturated/α-hetero) is 1. The molecule has 120 valence electrons. The Labute approximate surface area is 143 Å². The Morgan fingerprint density at radius 3 is 1.96 bits per heavy atom. The Morgan fingerprint density at radius 2 is 1.25 bits per heavy atom. The number of nitrogens with one attached hydrogen (secondary N) is 1. The van der Waals surface area contributed by atoms with Gasteiger partial charge in [0.1, 0.15) is 5.78 Å². The van der Waals surface area contributed by atoms with Crippen molar-refractivity contribution in [1.82, 2.24) is 0 Å². The number of hydrogen-bond acceptors (Lipinski definition) is 2. The number of benzene rings is 3. The highest BCUT2D eigenvalue weighted by Crippen LogP contribution is 2.18. The fraction of sp³-hybridized carbons (Fsp3) is 0.136. The normalized spacial score (nSPS) is 10.3. The molecular formula is C22H21NO. The standard InChI is InChI=1S/C22H21NO/c24-21(15-18-9-3-1-4-10-18)16-20-13-7-8-14-22(20)23-17-19-11-5-2-6-12-19/h1-14,23H,15-17H2. The minimum atomic E-state index is 0.232. The monoisotopic (exact) mass is 315 g/mol. The lowest BCUT2D eigenvalue weighted by atomic mass is 10.0. The first-order valence-corrected chi connectivity index (χ1v) is 8.22. The van der Waals surface area contributed by atoms with Gasteiger partial charge in [0.15, 0.2) is 0 Å². The number of ketones is 1. The molecule has 3 aromatic rings. The van der Waals surface area contributed by atoms with Crippen molar-refractivity contribution in [1.29, 1.82) is 0 Å². The lowest BCUT2D eigenvalue weighted by Crippen LogP contribution is -2.09. The second kappa shape index (κ2) is 8.11. The van der Waals surface area contributed by atoms with Gasteiger partial charge in [-0.2, -0.15) is 0 Å². The number of hydrogen-bond donors (Lipinski definition) is 1. The summed E-state index contributed by atoms with van der Waals surface area (Å²) >= 11 is 0. The Hall–Kier alpha value is -2.87. The molecule has 24 heavy (non-hydrogen) atoms.